The molecule has 1 aliphatic heterocycles. The first kappa shape index (κ1) is 28.5. The number of nitrogens with zero attached hydrogens (tertiary/aromatic N) is 4. The Bertz CT molecular complexity index is 1580. The first-order valence-electron chi connectivity index (χ1n) is 13.4. The molecule has 0 amide bonds. The molecular formula is C30H32F2N8O2. The van der Waals surface area contributed by atoms with Crippen LogP contribution in [-0.4, -0.2) is 66.8 Å². The number of aromatic nitrogens is 2. The van der Waals surface area contributed by atoms with E-state index in [9.17, 15) is 8.78 Å². The summed E-state index contributed by atoms with van der Waals surface area (Å²) in [6, 6.07) is 17.5. The molecule has 0 spiro atoms. The van der Waals surface area contributed by atoms with Crippen molar-refractivity contribution in [3.05, 3.63) is 78.1 Å². The third-order valence-electron chi connectivity index (χ3n) is 7.12. The van der Waals surface area contributed by atoms with E-state index < -0.39 is 12.3 Å². The van der Waals surface area contributed by atoms with Gasteiger partial charge in [-0.1, -0.05) is 18.2 Å². The van der Waals surface area contributed by atoms with Crippen molar-refractivity contribution in [1.82, 2.24) is 14.9 Å². The number of fused-ring (bicyclic) bond motifs is 1. The maximum absolute atomic E-state index is 12.9. The van der Waals surface area contributed by atoms with Gasteiger partial charge in [-0.15, -0.1) is 0 Å². The van der Waals surface area contributed by atoms with Crippen molar-refractivity contribution in [2.45, 2.75) is 19.5 Å². The van der Waals surface area contributed by atoms with Crippen LogP contribution in [0.15, 0.2) is 67.0 Å². The Morgan fingerprint density at radius 3 is 2.55 bits per heavy atom. The van der Waals surface area contributed by atoms with Crippen LogP contribution in [0.1, 0.15) is 11.1 Å². The summed E-state index contributed by atoms with van der Waals surface area (Å²) in [6.45, 7) is 1.72. The van der Waals surface area contributed by atoms with Crippen molar-refractivity contribution in [2.24, 2.45) is 0 Å². The molecule has 4 aromatic rings. The van der Waals surface area contributed by atoms with Crippen LogP contribution in [0.3, 0.4) is 0 Å². The molecular weight excluding hydrogens is 542 g/mol. The number of alkyl halides is 2. The molecule has 4 N–H and O–H groups in total. The number of amidine groups is 2. The van der Waals surface area contributed by atoms with E-state index in [4.69, 9.17) is 20.3 Å². The molecule has 12 heteroatoms. The Hall–Kier alpha value is -5.00. The second-order valence-electron chi connectivity index (χ2n) is 9.68. The second kappa shape index (κ2) is 12.7. The van der Waals surface area contributed by atoms with E-state index in [-0.39, 0.29) is 18.9 Å². The summed E-state index contributed by atoms with van der Waals surface area (Å²) in [4.78, 5) is 12.0. The molecule has 5 rings (SSSR count). The number of pyridine rings is 2. The molecule has 42 heavy (non-hydrogen) atoms. The minimum atomic E-state index is -2.90. The number of benzene rings is 2. The summed E-state index contributed by atoms with van der Waals surface area (Å²) in [7, 11) is 3.26. The van der Waals surface area contributed by atoms with Gasteiger partial charge in [-0.3, -0.25) is 10.8 Å². The number of hydrogen-bond acceptors (Lipinski definition) is 9. The number of rotatable bonds is 10. The van der Waals surface area contributed by atoms with E-state index >= 15 is 0 Å². The van der Waals surface area contributed by atoms with E-state index in [0.29, 0.717) is 25.5 Å². The normalized spacial score (nSPS) is 13.4. The lowest BCUT2D eigenvalue weighted by molar-refractivity contribution is 0.209. The third kappa shape index (κ3) is 6.17. The molecule has 1 aliphatic rings. The summed E-state index contributed by atoms with van der Waals surface area (Å²) in [5.74, 6) is 2.01. The van der Waals surface area contributed by atoms with E-state index in [2.05, 4.69) is 20.6 Å². The van der Waals surface area contributed by atoms with Crippen LogP contribution >= 0.6 is 0 Å². The smallest absolute Gasteiger partial charge is 0.295 e. The number of methoxy groups -OCH3 is 2. The quantitative estimate of drug-likeness (QED) is 0.150. The van der Waals surface area contributed by atoms with Crippen molar-refractivity contribution < 1.29 is 18.3 Å². The molecule has 218 valence electrons. The highest BCUT2D eigenvalue weighted by molar-refractivity contribution is 6.02. The van der Waals surface area contributed by atoms with Gasteiger partial charge in [0.15, 0.2) is 5.84 Å². The number of anilines is 3. The van der Waals surface area contributed by atoms with E-state index in [1.165, 1.54) is 0 Å². The number of hydrogen-bond donors (Lipinski definition) is 4. The summed E-state index contributed by atoms with van der Waals surface area (Å²) in [5.41, 5.74) is 2.90. The number of ether oxygens (including phenoxy) is 2. The van der Waals surface area contributed by atoms with Crippen molar-refractivity contribution in [3.63, 3.8) is 0 Å². The predicted molar refractivity (Wildman–Crippen MR) is 161 cm³/mol. The van der Waals surface area contributed by atoms with Gasteiger partial charge in [0.2, 0.25) is 0 Å². The zero-order chi connectivity index (χ0) is 29.6. The average Bonchev–Trinajstić information content (AvgIpc) is 3.02. The molecule has 0 saturated carbocycles. The fourth-order valence-electron chi connectivity index (χ4n) is 4.86. The van der Waals surface area contributed by atoms with E-state index in [1.54, 1.807) is 26.6 Å². The largest absolute Gasteiger partial charge is 0.497 e. The predicted octanol–water partition coefficient (Wildman–Crippen LogP) is 5.21. The average molecular weight is 575 g/mol. The van der Waals surface area contributed by atoms with Gasteiger partial charge in [-0.25, -0.2) is 18.7 Å². The fraction of sp³-hybridized carbons (Fsp3) is 0.267. The van der Waals surface area contributed by atoms with Gasteiger partial charge in [0.25, 0.3) is 6.43 Å². The molecule has 0 aliphatic carbocycles. The van der Waals surface area contributed by atoms with Crippen molar-refractivity contribution in [2.75, 3.05) is 49.4 Å². The minimum Gasteiger partial charge on any atom is -0.497 e. The van der Waals surface area contributed by atoms with Crippen LogP contribution in [0.25, 0.3) is 10.8 Å². The summed E-state index contributed by atoms with van der Waals surface area (Å²) < 4.78 is 36.6. The lowest BCUT2D eigenvalue weighted by Gasteiger charge is -2.36. The Balaban J connectivity index is 1.23. The van der Waals surface area contributed by atoms with Crippen LogP contribution < -0.4 is 25.0 Å². The van der Waals surface area contributed by atoms with Crippen LogP contribution in [0.4, 0.5) is 26.1 Å². The number of nitrogens with one attached hydrogen (secondary N) is 4. The van der Waals surface area contributed by atoms with Gasteiger partial charge in [-0.2, -0.15) is 0 Å². The number of piperazine rings is 1. The Kier molecular flexibility index (Phi) is 8.60. The summed E-state index contributed by atoms with van der Waals surface area (Å²) in [6.07, 6.45) is 0.644. The van der Waals surface area contributed by atoms with Gasteiger partial charge >= 0.3 is 0 Å². The molecule has 3 heterocycles. The van der Waals surface area contributed by atoms with E-state index in [1.807, 2.05) is 59.5 Å². The van der Waals surface area contributed by atoms with Crippen molar-refractivity contribution >= 4 is 39.8 Å². The van der Waals surface area contributed by atoms with Gasteiger partial charge < -0.3 is 29.9 Å². The van der Waals surface area contributed by atoms with Gasteiger partial charge in [0.05, 0.1) is 20.8 Å². The molecule has 0 atom stereocenters. The lowest BCUT2D eigenvalue weighted by Crippen LogP contribution is -2.53. The van der Waals surface area contributed by atoms with Gasteiger partial charge in [0, 0.05) is 66.7 Å². The van der Waals surface area contributed by atoms with Gasteiger partial charge in [-0.05, 0) is 35.9 Å². The maximum atomic E-state index is 12.9. The Labute approximate surface area is 242 Å². The molecule has 1 fully saturated rings. The van der Waals surface area contributed by atoms with Crippen molar-refractivity contribution in [1.29, 1.82) is 10.8 Å². The zero-order valence-electron chi connectivity index (χ0n) is 23.3. The third-order valence-corrected chi connectivity index (χ3v) is 7.12. The Morgan fingerprint density at radius 2 is 1.83 bits per heavy atom. The zero-order valence-corrected chi connectivity index (χ0v) is 23.3. The molecule has 0 unspecified atom stereocenters. The van der Waals surface area contributed by atoms with Crippen molar-refractivity contribution in [3.8, 4) is 11.5 Å². The molecule has 0 radical (unpaired) electrons. The van der Waals surface area contributed by atoms with Crippen LogP contribution in [0, 0.1) is 10.8 Å². The molecule has 10 nitrogen and oxygen atoms in total. The number of halogens is 2. The topological polar surface area (TPSA) is 122 Å². The molecule has 2 aromatic carbocycles. The fourth-order valence-corrected chi connectivity index (χ4v) is 4.86. The monoisotopic (exact) mass is 574 g/mol. The second-order valence-corrected chi connectivity index (χ2v) is 9.68. The molecule has 2 aromatic heterocycles. The summed E-state index contributed by atoms with van der Waals surface area (Å²) in [5, 5.41) is 24.5. The van der Waals surface area contributed by atoms with E-state index in [0.717, 1.165) is 49.8 Å². The van der Waals surface area contributed by atoms with Crippen LogP contribution in [0.5, 0.6) is 11.5 Å². The Morgan fingerprint density at radius 1 is 0.976 bits per heavy atom. The highest BCUT2D eigenvalue weighted by Gasteiger charge is 2.28. The highest BCUT2D eigenvalue weighted by atomic mass is 19.3. The first-order chi connectivity index (χ1) is 20.4. The standard InChI is InChI=1S/C30H32F2N8O2/c1-41-21-8-7-20(25(14-21)42-2)17-38-30-23-4-3-5-24(22(23)10-11-35-30)36-15-19-6-9-27(37-16-19)39-12-13-40(26(33)18-39)29(34)28(31)32/h3-11,14,16,28,33-34,36H,12-13,15,17-18H2,1-2H3,(H,35,38). The first-order valence-corrected chi connectivity index (χ1v) is 13.4. The lowest BCUT2D eigenvalue weighted by atomic mass is 10.1. The minimum absolute atomic E-state index is 0.0402. The molecule has 0 bridgehead atoms. The van der Waals surface area contributed by atoms with Crippen LogP contribution in [-0.2, 0) is 13.1 Å². The highest BCUT2D eigenvalue weighted by Crippen LogP contribution is 2.30. The SMILES string of the molecule is COc1ccc(CNc2nccc3c(NCc4ccc(N5CCN(C(=N)C(F)F)C(=N)C5)nc4)cccc23)c(OC)c1. The molecule has 1 saturated heterocycles. The van der Waals surface area contributed by atoms with Crippen LogP contribution in [0.2, 0.25) is 0 Å². The maximum Gasteiger partial charge on any atom is 0.295 e. The van der Waals surface area contributed by atoms with Gasteiger partial charge in [0.1, 0.15) is 29.0 Å². The summed E-state index contributed by atoms with van der Waals surface area (Å²) >= 11 is 0.